The number of carboxylic acid groups (broad SMARTS) is 1. The Morgan fingerprint density at radius 2 is 1.57 bits per heavy atom. The van der Waals surface area contributed by atoms with Crippen LogP contribution in [0.4, 0.5) is 0 Å². The maximum atomic E-state index is 12.9. The highest BCUT2D eigenvalue weighted by Crippen LogP contribution is 2.19. The van der Waals surface area contributed by atoms with Gasteiger partial charge in [0.1, 0.15) is 18.1 Å². The lowest BCUT2D eigenvalue weighted by Gasteiger charge is -2.26. The number of para-hydroxylation sites is 1. The van der Waals surface area contributed by atoms with Crippen molar-refractivity contribution in [2.24, 2.45) is 17.4 Å². The molecule has 202 valence electrons. The number of carbonyl (C=O) groups excluding carboxylic acids is 4. The molecule has 5 atom stereocenters. The summed E-state index contributed by atoms with van der Waals surface area (Å²) in [5.41, 5.74) is 12.4. The number of aliphatic hydroxyl groups excluding tert-OH is 1. The van der Waals surface area contributed by atoms with E-state index in [1.807, 2.05) is 12.1 Å². The van der Waals surface area contributed by atoms with Crippen LogP contribution >= 0.6 is 0 Å². The van der Waals surface area contributed by atoms with Crippen LogP contribution in [0.2, 0.25) is 0 Å². The number of aliphatic hydroxyl groups is 1. The van der Waals surface area contributed by atoms with E-state index >= 15 is 0 Å². The Kier molecular flexibility index (Phi) is 10.1. The van der Waals surface area contributed by atoms with Crippen LogP contribution < -0.4 is 27.4 Å². The first-order chi connectivity index (χ1) is 17.3. The molecule has 10 N–H and O–H groups in total. The number of hydrogen-bond acceptors (Lipinski definition) is 7. The third-order valence-corrected chi connectivity index (χ3v) is 5.84. The number of rotatable bonds is 13. The molecule has 2 aromatic rings. The number of nitrogens with one attached hydrogen (secondary N) is 4. The van der Waals surface area contributed by atoms with Crippen LogP contribution in [0.5, 0.6) is 0 Å². The van der Waals surface area contributed by atoms with Crippen molar-refractivity contribution in [1.29, 1.82) is 0 Å². The lowest BCUT2D eigenvalue weighted by Crippen LogP contribution is -2.60. The average Bonchev–Trinajstić information content (AvgIpc) is 3.22. The first-order valence-corrected chi connectivity index (χ1v) is 11.7. The van der Waals surface area contributed by atoms with Crippen LogP contribution in [0.15, 0.2) is 30.5 Å². The van der Waals surface area contributed by atoms with Gasteiger partial charge in [0, 0.05) is 23.5 Å². The fourth-order valence-electron chi connectivity index (χ4n) is 3.62. The lowest BCUT2D eigenvalue weighted by atomic mass is 10.0. The van der Waals surface area contributed by atoms with Gasteiger partial charge >= 0.3 is 5.97 Å². The van der Waals surface area contributed by atoms with E-state index in [4.69, 9.17) is 11.5 Å². The topological polar surface area (TPSA) is 230 Å². The van der Waals surface area contributed by atoms with Gasteiger partial charge in [0.25, 0.3) is 0 Å². The summed E-state index contributed by atoms with van der Waals surface area (Å²) in [6, 6.07) is 1.83. The van der Waals surface area contributed by atoms with E-state index < -0.39 is 66.3 Å². The monoisotopic (exact) mass is 518 g/mol. The predicted octanol–water partition coefficient (Wildman–Crippen LogP) is -1.51. The van der Waals surface area contributed by atoms with Gasteiger partial charge < -0.3 is 42.6 Å². The van der Waals surface area contributed by atoms with Gasteiger partial charge in [-0.05, 0) is 24.5 Å². The Morgan fingerprint density at radius 1 is 0.946 bits per heavy atom. The minimum Gasteiger partial charge on any atom is -0.480 e. The van der Waals surface area contributed by atoms with Crippen molar-refractivity contribution >= 4 is 40.5 Å². The number of carboxylic acids is 1. The second kappa shape index (κ2) is 12.8. The summed E-state index contributed by atoms with van der Waals surface area (Å²) in [5, 5.41) is 27.6. The van der Waals surface area contributed by atoms with Crippen molar-refractivity contribution in [3.8, 4) is 0 Å². The molecule has 0 aliphatic heterocycles. The first kappa shape index (κ1) is 29.3. The van der Waals surface area contributed by atoms with Gasteiger partial charge in [-0.1, -0.05) is 32.0 Å². The summed E-state index contributed by atoms with van der Waals surface area (Å²) < 4.78 is 0. The number of aromatic amines is 1. The molecule has 37 heavy (non-hydrogen) atoms. The minimum absolute atomic E-state index is 0.0704. The van der Waals surface area contributed by atoms with E-state index in [1.165, 1.54) is 6.92 Å². The Labute approximate surface area is 213 Å². The van der Waals surface area contributed by atoms with Gasteiger partial charge in [0.15, 0.2) is 0 Å². The molecule has 13 nitrogen and oxygen atoms in total. The standard InChI is InChI=1S/C24H34N6O7/c1-11(2)19(26)22(34)28-16(9-18(25)32)21(33)30-20(12(3)31)23(35)29-17(24(36)37)8-13-10-27-15-7-5-4-6-14(13)15/h4-7,10-12,16-17,19-20,27,31H,8-9,26H2,1-3H3,(H2,25,32)(H,28,34)(H,29,35)(H,30,33)(H,36,37). The van der Waals surface area contributed by atoms with Crippen molar-refractivity contribution in [2.45, 2.75) is 63.9 Å². The molecule has 1 aromatic carbocycles. The van der Waals surface area contributed by atoms with Crippen molar-refractivity contribution < 1.29 is 34.2 Å². The van der Waals surface area contributed by atoms with E-state index in [-0.39, 0.29) is 12.3 Å². The molecule has 13 heteroatoms. The van der Waals surface area contributed by atoms with Gasteiger partial charge in [-0.3, -0.25) is 19.2 Å². The quantitative estimate of drug-likeness (QED) is 0.155. The van der Waals surface area contributed by atoms with E-state index in [2.05, 4.69) is 20.9 Å². The maximum absolute atomic E-state index is 12.9. The summed E-state index contributed by atoms with van der Waals surface area (Å²) in [7, 11) is 0. The first-order valence-electron chi connectivity index (χ1n) is 11.7. The molecule has 5 unspecified atom stereocenters. The van der Waals surface area contributed by atoms with Crippen molar-refractivity contribution in [3.05, 3.63) is 36.0 Å². The van der Waals surface area contributed by atoms with E-state index in [0.717, 1.165) is 10.9 Å². The number of amides is 4. The zero-order valence-electron chi connectivity index (χ0n) is 20.9. The second-order valence-corrected chi connectivity index (χ2v) is 9.19. The van der Waals surface area contributed by atoms with Crippen LogP contribution in [0.3, 0.4) is 0 Å². The molecule has 4 amide bonds. The minimum atomic E-state index is -1.59. The number of H-pyrrole nitrogens is 1. The Balaban J connectivity index is 2.17. The molecular formula is C24H34N6O7. The van der Waals surface area contributed by atoms with E-state index in [0.29, 0.717) is 5.56 Å². The SMILES string of the molecule is CC(C)C(N)C(=O)NC(CC(N)=O)C(=O)NC(C(=O)NC(Cc1c[nH]c2ccccc12)C(=O)O)C(C)O. The normalized spacial score (nSPS) is 15.3. The van der Waals surface area contributed by atoms with E-state index in [9.17, 15) is 34.2 Å². The van der Waals surface area contributed by atoms with Gasteiger partial charge in [-0.25, -0.2) is 4.79 Å². The van der Waals surface area contributed by atoms with Crippen LogP contribution in [0, 0.1) is 5.92 Å². The maximum Gasteiger partial charge on any atom is 0.326 e. The fraction of sp³-hybridized carbons (Fsp3) is 0.458. The zero-order chi connectivity index (χ0) is 27.9. The van der Waals surface area contributed by atoms with Crippen LogP contribution in [0.25, 0.3) is 10.9 Å². The van der Waals surface area contributed by atoms with E-state index in [1.54, 1.807) is 32.2 Å². The van der Waals surface area contributed by atoms with Gasteiger partial charge in [-0.15, -0.1) is 0 Å². The number of aromatic nitrogens is 1. The molecule has 0 fully saturated rings. The molecule has 2 rings (SSSR count). The summed E-state index contributed by atoms with van der Waals surface area (Å²) in [6.07, 6.45) is -0.470. The largest absolute Gasteiger partial charge is 0.480 e. The van der Waals surface area contributed by atoms with Crippen LogP contribution in [-0.2, 0) is 30.4 Å². The molecule has 0 bridgehead atoms. The molecule has 0 radical (unpaired) electrons. The Bertz CT molecular complexity index is 1150. The number of fused-ring (bicyclic) bond motifs is 1. The third-order valence-electron chi connectivity index (χ3n) is 5.84. The van der Waals surface area contributed by atoms with Crippen LogP contribution in [0.1, 0.15) is 32.8 Å². The van der Waals surface area contributed by atoms with Gasteiger partial charge in [0.05, 0.1) is 18.6 Å². The highest BCUT2D eigenvalue weighted by molar-refractivity contribution is 5.96. The lowest BCUT2D eigenvalue weighted by molar-refractivity contribution is -0.143. The number of benzene rings is 1. The number of primary amides is 1. The van der Waals surface area contributed by atoms with Crippen molar-refractivity contribution in [2.75, 3.05) is 0 Å². The fourth-order valence-corrected chi connectivity index (χ4v) is 3.62. The van der Waals surface area contributed by atoms with Crippen molar-refractivity contribution in [1.82, 2.24) is 20.9 Å². The van der Waals surface area contributed by atoms with Crippen LogP contribution in [-0.4, -0.2) is 75.1 Å². The molecular weight excluding hydrogens is 484 g/mol. The Hall–Kier alpha value is -3.97. The highest BCUT2D eigenvalue weighted by Gasteiger charge is 2.33. The molecule has 0 saturated carbocycles. The summed E-state index contributed by atoms with van der Waals surface area (Å²) in [6.45, 7) is 4.60. The number of aliphatic carboxylic acids is 1. The number of hydrogen-bond donors (Lipinski definition) is 8. The number of nitrogens with two attached hydrogens (primary N) is 2. The predicted molar refractivity (Wildman–Crippen MR) is 134 cm³/mol. The molecule has 0 spiro atoms. The summed E-state index contributed by atoms with van der Waals surface area (Å²) in [4.78, 5) is 64.5. The smallest absolute Gasteiger partial charge is 0.326 e. The van der Waals surface area contributed by atoms with Gasteiger partial charge in [0.2, 0.25) is 23.6 Å². The summed E-state index contributed by atoms with van der Waals surface area (Å²) in [5.74, 6) is -5.15. The Morgan fingerprint density at radius 3 is 2.14 bits per heavy atom. The van der Waals surface area contributed by atoms with Crippen molar-refractivity contribution in [3.63, 3.8) is 0 Å². The highest BCUT2D eigenvalue weighted by atomic mass is 16.4. The molecule has 0 saturated heterocycles. The molecule has 1 heterocycles. The molecule has 0 aliphatic carbocycles. The summed E-state index contributed by atoms with van der Waals surface area (Å²) >= 11 is 0. The number of carbonyl (C=O) groups is 5. The molecule has 0 aliphatic rings. The average molecular weight is 519 g/mol. The van der Waals surface area contributed by atoms with Gasteiger partial charge in [-0.2, -0.15) is 0 Å². The third kappa shape index (κ3) is 8.02. The zero-order valence-corrected chi connectivity index (χ0v) is 20.9. The second-order valence-electron chi connectivity index (χ2n) is 9.19. The molecule has 1 aromatic heterocycles.